The molecule has 5 nitrogen and oxygen atoms in total. The van der Waals surface area contributed by atoms with E-state index in [1.807, 2.05) is 24.3 Å². The average molecular weight is 330 g/mol. The summed E-state index contributed by atoms with van der Waals surface area (Å²) in [5.41, 5.74) is 2.00. The van der Waals surface area contributed by atoms with Gasteiger partial charge in [0.25, 0.3) is 5.69 Å². The lowest BCUT2D eigenvalue weighted by Crippen LogP contribution is -2.14. The molecule has 0 unspecified atom stereocenters. The summed E-state index contributed by atoms with van der Waals surface area (Å²) in [6, 6.07) is 14.0. The second-order valence-electron chi connectivity index (χ2n) is 5.37. The maximum Gasteiger partial charge on any atom is 0.269 e. The Hall–Kier alpha value is -2.34. The van der Waals surface area contributed by atoms with Crippen molar-refractivity contribution in [2.75, 3.05) is 11.1 Å². The van der Waals surface area contributed by atoms with Gasteiger partial charge < -0.3 is 5.32 Å². The monoisotopic (exact) mass is 330 g/mol. The molecule has 1 amide bonds. The van der Waals surface area contributed by atoms with Gasteiger partial charge in [-0.05, 0) is 35.7 Å². The number of rotatable bonds is 6. The van der Waals surface area contributed by atoms with Crippen molar-refractivity contribution < 1.29 is 9.72 Å². The third kappa shape index (κ3) is 5.10. The van der Waals surface area contributed by atoms with Gasteiger partial charge in [-0.3, -0.25) is 14.9 Å². The highest BCUT2D eigenvalue weighted by Crippen LogP contribution is 2.22. The van der Waals surface area contributed by atoms with E-state index in [2.05, 4.69) is 19.2 Å². The fraction of sp³-hybridized carbons (Fsp3) is 0.235. The standard InChI is InChI=1S/C17H18N2O3S/c1-12(2)13-4-3-5-14(10-13)18-17(20)11-23-16-8-6-15(7-9-16)19(21)22/h3-10,12H,11H2,1-2H3,(H,18,20). The van der Waals surface area contributed by atoms with Crippen molar-refractivity contribution in [1.29, 1.82) is 0 Å². The summed E-state index contributed by atoms with van der Waals surface area (Å²) in [7, 11) is 0. The molecule has 6 heteroatoms. The molecule has 0 radical (unpaired) electrons. The molecule has 0 aliphatic heterocycles. The maximum absolute atomic E-state index is 12.0. The Labute approximate surface area is 139 Å². The van der Waals surface area contributed by atoms with Crippen LogP contribution in [0.25, 0.3) is 0 Å². The van der Waals surface area contributed by atoms with Crippen LogP contribution in [0.4, 0.5) is 11.4 Å². The molecule has 0 heterocycles. The van der Waals surface area contributed by atoms with Crippen molar-refractivity contribution in [2.24, 2.45) is 0 Å². The second kappa shape index (κ2) is 7.78. The zero-order valence-electron chi connectivity index (χ0n) is 13.0. The lowest BCUT2D eigenvalue weighted by molar-refractivity contribution is -0.384. The number of carbonyl (C=O) groups excluding carboxylic acids is 1. The van der Waals surface area contributed by atoms with E-state index in [4.69, 9.17) is 0 Å². The minimum atomic E-state index is -0.442. The summed E-state index contributed by atoms with van der Waals surface area (Å²) < 4.78 is 0. The number of hydrogen-bond acceptors (Lipinski definition) is 4. The highest BCUT2D eigenvalue weighted by molar-refractivity contribution is 8.00. The highest BCUT2D eigenvalue weighted by atomic mass is 32.2. The molecule has 2 aromatic rings. The normalized spacial score (nSPS) is 10.6. The number of hydrogen-bond donors (Lipinski definition) is 1. The first-order valence-corrected chi connectivity index (χ1v) is 8.21. The molecule has 0 aliphatic carbocycles. The van der Waals surface area contributed by atoms with Crippen LogP contribution in [-0.4, -0.2) is 16.6 Å². The Morgan fingerprint density at radius 2 is 1.91 bits per heavy atom. The van der Waals surface area contributed by atoms with Gasteiger partial charge in [-0.2, -0.15) is 0 Å². The maximum atomic E-state index is 12.0. The van der Waals surface area contributed by atoms with Crippen LogP contribution >= 0.6 is 11.8 Å². The Morgan fingerprint density at radius 3 is 2.52 bits per heavy atom. The Bertz CT molecular complexity index is 699. The van der Waals surface area contributed by atoms with Crippen LogP contribution in [0.2, 0.25) is 0 Å². The molecule has 0 spiro atoms. The number of anilines is 1. The molecule has 23 heavy (non-hydrogen) atoms. The fourth-order valence-electron chi connectivity index (χ4n) is 1.99. The Kier molecular flexibility index (Phi) is 5.76. The van der Waals surface area contributed by atoms with Crippen LogP contribution in [0.15, 0.2) is 53.4 Å². The number of carbonyl (C=O) groups is 1. The van der Waals surface area contributed by atoms with E-state index < -0.39 is 4.92 Å². The van der Waals surface area contributed by atoms with Gasteiger partial charge in [-0.15, -0.1) is 11.8 Å². The summed E-state index contributed by atoms with van der Waals surface area (Å²) in [6.07, 6.45) is 0. The summed E-state index contributed by atoms with van der Waals surface area (Å²) in [6.45, 7) is 4.21. The van der Waals surface area contributed by atoms with Crippen LogP contribution < -0.4 is 5.32 Å². The first kappa shape index (κ1) is 17.0. The number of benzene rings is 2. The van der Waals surface area contributed by atoms with Crippen molar-refractivity contribution in [3.63, 3.8) is 0 Å². The van der Waals surface area contributed by atoms with E-state index in [0.717, 1.165) is 10.6 Å². The van der Waals surface area contributed by atoms with E-state index in [0.29, 0.717) is 5.92 Å². The van der Waals surface area contributed by atoms with Crippen molar-refractivity contribution in [3.05, 3.63) is 64.2 Å². The average Bonchev–Trinajstić information content (AvgIpc) is 2.53. The third-order valence-electron chi connectivity index (χ3n) is 3.25. The molecule has 0 bridgehead atoms. The summed E-state index contributed by atoms with van der Waals surface area (Å²) in [4.78, 5) is 23.0. The van der Waals surface area contributed by atoms with Crippen molar-refractivity contribution in [2.45, 2.75) is 24.7 Å². The minimum Gasteiger partial charge on any atom is -0.325 e. The van der Waals surface area contributed by atoms with Crippen LogP contribution in [-0.2, 0) is 4.79 Å². The molecule has 2 aromatic carbocycles. The van der Waals surface area contributed by atoms with Gasteiger partial charge in [0.15, 0.2) is 0 Å². The van der Waals surface area contributed by atoms with Crippen LogP contribution in [0.1, 0.15) is 25.3 Å². The summed E-state index contributed by atoms with van der Waals surface area (Å²) >= 11 is 1.34. The molecule has 0 aliphatic rings. The quantitative estimate of drug-likeness (QED) is 0.482. The largest absolute Gasteiger partial charge is 0.325 e. The van der Waals surface area contributed by atoms with Gasteiger partial charge in [-0.1, -0.05) is 26.0 Å². The van der Waals surface area contributed by atoms with Crippen LogP contribution in [0, 0.1) is 10.1 Å². The lowest BCUT2D eigenvalue weighted by atomic mass is 10.0. The number of nitro benzene ring substituents is 1. The smallest absolute Gasteiger partial charge is 0.269 e. The highest BCUT2D eigenvalue weighted by Gasteiger charge is 2.07. The first-order chi connectivity index (χ1) is 11.0. The topological polar surface area (TPSA) is 72.2 Å². The zero-order valence-corrected chi connectivity index (χ0v) is 13.8. The van der Waals surface area contributed by atoms with E-state index in [-0.39, 0.29) is 17.3 Å². The van der Waals surface area contributed by atoms with Crippen molar-refractivity contribution in [1.82, 2.24) is 0 Å². The number of non-ortho nitro benzene ring substituents is 1. The summed E-state index contributed by atoms with van der Waals surface area (Å²) in [5.74, 6) is 0.555. The first-order valence-electron chi connectivity index (χ1n) is 7.23. The predicted molar refractivity (Wildman–Crippen MR) is 93.0 cm³/mol. The molecule has 0 fully saturated rings. The zero-order chi connectivity index (χ0) is 16.8. The van der Waals surface area contributed by atoms with E-state index >= 15 is 0 Å². The van der Waals surface area contributed by atoms with Crippen molar-refractivity contribution >= 4 is 29.0 Å². The Morgan fingerprint density at radius 1 is 1.22 bits per heavy atom. The molecule has 2 rings (SSSR count). The van der Waals surface area contributed by atoms with Crippen molar-refractivity contribution in [3.8, 4) is 0 Å². The van der Waals surface area contributed by atoms with Gasteiger partial charge >= 0.3 is 0 Å². The molecule has 0 atom stereocenters. The van der Waals surface area contributed by atoms with Crippen LogP contribution in [0.5, 0.6) is 0 Å². The predicted octanol–water partition coefficient (Wildman–Crippen LogP) is 4.45. The van der Waals surface area contributed by atoms with Gasteiger partial charge in [-0.25, -0.2) is 0 Å². The molecular weight excluding hydrogens is 312 g/mol. The number of amides is 1. The van der Waals surface area contributed by atoms with E-state index in [9.17, 15) is 14.9 Å². The van der Waals surface area contributed by atoms with Gasteiger partial charge in [0, 0.05) is 22.7 Å². The molecule has 0 saturated heterocycles. The summed E-state index contributed by atoms with van der Waals surface area (Å²) in [5, 5.41) is 13.5. The molecule has 120 valence electrons. The SMILES string of the molecule is CC(C)c1cccc(NC(=O)CSc2ccc([N+](=O)[O-])cc2)c1. The van der Waals surface area contributed by atoms with E-state index in [1.54, 1.807) is 12.1 Å². The lowest BCUT2D eigenvalue weighted by Gasteiger charge is -2.09. The van der Waals surface area contributed by atoms with Gasteiger partial charge in [0.05, 0.1) is 10.7 Å². The van der Waals surface area contributed by atoms with E-state index in [1.165, 1.54) is 29.5 Å². The fourth-order valence-corrected chi connectivity index (χ4v) is 2.68. The third-order valence-corrected chi connectivity index (χ3v) is 4.27. The van der Waals surface area contributed by atoms with Crippen LogP contribution in [0.3, 0.4) is 0 Å². The number of nitro groups is 1. The molecule has 1 N–H and O–H groups in total. The Balaban J connectivity index is 1.90. The number of nitrogens with one attached hydrogen (secondary N) is 1. The van der Waals surface area contributed by atoms with Gasteiger partial charge in [0.2, 0.25) is 5.91 Å². The minimum absolute atomic E-state index is 0.0456. The van der Waals surface area contributed by atoms with Gasteiger partial charge in [0.1, 0.15) is 0 Å². The number of nitrogens with zero attached hydrogens (tertiary/aromatic N) is 1. The molecular formula is C17H18N2O3S. The second-order valence-corrected chi connectivity index (χ2v) is 6.42. The molecule has 0 saturated carbocycles. The molecule has 0 aromatic heterocycles. The number of thioether (sulfide) groups is 1.